The van der Waals surface area contributed by atoms with Crippen LogP contribution in [0.25, 0.3) is 0 Å². The van der Waals surface area contributed by atoms with Crippen molar-refractivity contribution in [2.24, 2.45) is 0 Å². The molecule has 0 unspecified atom stereocenters. The van der Waals surface area contributed by atoms with Crippen LogP contribution in [0.15, 0.2) is 18.2 Å². The number of rotatable bonds is 4. The topological polar surface area (TPSA) is 35.6 Å². The number of benzene rings is 1. The largest absolute Gasteiger partial charge is 0.369 e. The molecule has 1 aromatic rings. The second kappa shape index (κ2) is 6.06. The van der Waals surface area contributed by atoms with Crippen molar-refractivity contribution in [3.8, 4) is 0 Å². The first kappa shape index (κ1) is 14.4. The van der Waals surface area contributed by atoms with Crippen LogP contribution in [-0.2, 0) is 4.79 Å². The van der Waals surface area contributed by atoms with Crippen molar-refractivity contribution in [3.63, 3.8) is 0 Å². The van der Waals surface area contributed by atoms with Crippen molar-refractivity contribution in [2.75, 3.05) is 37.6 Å². The third-order valence-electron chi connectivity index (χ3n) is 4.37. The summed E-state index contributed by atoms with van der Waals surface area (Å²) in [7, 11) is 0. The summed E-state index contributed by atoms with van der Waals surface area (Å²) in [5.74, 6) is 0.192. The Labute approximate surface area is 127 Å². The summed E-state index contributed by atoms with van der Waals surface area (Å²) in [4.78, 5) is 16.5. The van der Waals surface area contributed by atoms with Gasteiger partial charge in [-0.1, -0.05) is 17.7 Å². The summed E-state index contributed by atoms with van der Waals surface area (Å²) in [5.41, 5.74) is 3.99. The SMILES string of the molecule is Cc1ccc(N2CCN(CC(=O)NC3CC3)CC2)c(C)c1. The molecule has 0 bridgehead atoms. The number of piperazine rings is 1. The Kier molecular flexibility index (Phi) is 4.15. The molecule has 3 rings (SSSR count). The van der Waals surface area contributed by atoms with Gasteiger partial charge in [0.2, 0.25) is 5.91 Å². The van der Waals surface area contributed by atoms with Gasteiger partial charge in [0.05, 0.1) is 6.54 Å². The molecule has 21 heavy (non-hydrogen) atoms. The van der Waals surface area contributed by atoms with Crippen LogP contribution in [0, 0.1) is 13.8 Å². The third kappa shape index (κ3) is 3.76. The van der Waals surface area contributed by atoms with E-state index in [0.29, 0.717) is 12.6 Å². The Bertz CT molecular complexity index is 517. The first-order valence-electron chi connectivity index (χ1n) is 7.96. The Morgan fingerprint density at radius 2 is 1.90 bits per heavy atom. The number of nitrogens with zero attached hydrogens (tertiary/aromatic N) is 2. The lowest BCUT2D eigenvalue weighted by Crippen LogP contribution is -2.49. The predicted octanol–water partition coefficient (Wildman–Crippen LogP) is 1.70. The van der Waals surface area contributed by atoms with E-state index in [1.165, 1.54) is 16.8 Å². The van der Waals surface area contributed by atoms with Crippen molar-refractivity contribution in [1.82, 2.24) is 10.2 Å². The second-order valence-corrected chi connectivity index (χ2v) is 6.39. The van der Waals surface area contributed by atoms with Gasteiger partial charge >= 0.3 is 0 Å². The minimum atomic E-state index is 0.192. The van der Waals surface area contributed by atoms with Crippen LogP contribution in [0.5, 0.6) is 0 Å². The van der Waals surface area contributed by atoms with E-state index in [4.69, 9.17) is 0 Å². The Hall–Kier alpha value is -1.55. The Morgan fingerprint density at radius 1 is 1.19 bits per heavy atom. The summed E-state index contributed by atoms with van der Waals surface area (Å²) in [6.45, 7) is 8.79. The zero-order valence-corrected chi connectivity index (χ0v) is 13.1. The van der Waals surface area contributed by atoms with Gasteiger partial charge in [-0.05, 0) is 38.3 Å². The highest BCUT2D eigenvalue weighted by Gasteiger charge is 2.25. The third-order valence-corrected chi connectivity index (χ3v) is 4.37. The molecular weight excluding hydrogens is 262 g/mol. The highest BCUT2D eigenvalue weighted by atomic mass is 16.2. The molecule has 4 heteroatoms. The van der Waals surface area contributed by atoms with E-state index in [1.54, 1.807) is 0 Å². The van der Waals surface area contributed by atoms with Gasteiger partial charge in [0, 0.05) is 37.9 Å². The van der Waals surface area contributed by atoms with Crippen LogP contribution in [-0.4, -0.2) is 49.6 Å². The Morgan fingerprint density at radius 3 is 2.52 bits per heavy atom. The molecular formula is C17H25N3O. The van der Waals surface area contributed by atoms with E-state index < -0.39 is 0 Å². The van der Waals surface area contributed by atoms with E-state index in [0.717, 1.165) is 39.0 Å². The minimum absolute atomic E-state index is 0.192. The predicted molar refractivity (Wildman–Crippen MR) is 85.7 cm³/mol. The van der Waals surface area contributed by atoms with Crippen molar-refractivity contribution in [1.29, 1.82) is 0 Å². The molecule has 1 aliphatic carbocycles. The summed E-state index contributed by atoms with van der Waals surface area (Å²) >= 11 is 0. The van der Waals surface area contributed by atoms with Gasteiger partial charge in [-0.3, -0.25) is 9.69 Å². The molecule has 2 fully saturated rings. The molecule has 2 aliphatic rings. The maximum Gasteiger partial charge on any atom is 0.234 e. The molecule has 1 saturated carbocycles. The number of carbonyl (C=O) groups excluding carboxylic acids is 1. The molecule has 0 aromatic heterocycles. The lowest BCUT2D eigenvalue weighted by atomic mass is 10.1. The van der Waals surface area contributed by atoms with Crippen LogP contribution in [0.1, 0.15) is 24.0 Å². The number of anilines is 1. The average molecular weight is 287 g/mol. The monoisotopic (exact) mass is 287 g/mol. The molecule has 0 atom stereocenters. The van der Waals surface area contributed by atoms with Crippen molar-refractivity contribution in [3.05, 3.63) is 29.3 Å². The van der Waals surface area contributed by atoms with Gasteiger partial charge in [-0.15, -0.1) is 0 Å². The maximum absolute atomic E-state index is 11.8. The zero-order chi connectivity index (χ0) is 14.8. The van der Waals surface area contributed by atoms with Crippen molar-refractivity contribution < 1.29 is 4.79 Å². The second-order valence-electron chi connectivity index (χ2n) is 6.39. The van der Waals surface area contributed by atoms with E-state index in [2.05, 4.69) is 47.2 Å². The van der Waals surface area contributed by atoms with Crippen LogP contribution < -0.4 is 10.2 Å². The number of hydrogen-bond donors (Lipinski definition) is 1. The van der Waals surface area contributed by atoms with E-state index in [1.807, 2.05) is 0 Å². The maximum atomic E-state index is 11.8. The molecule has 1 saturated heterocycles. The van der Waals surface area contributed by atoms with Crippen LogP contribution >= 0.6 is 0 Å². The van der Waals surface area contributed by atoms with Crippen LogP contribution in [0.2, 0.25) is 0 Å². The summed E-state index contributed by atoms with van der Waals surface area (Å²) in [6, 6.07) is 7.11. The van der Waals surface area contributed by atoms with E-state index in [-0.39, 0.29) is 5.91 Å². The fraction of sp³-hybridized carbons (Fsp3) is 0.588. The number of hydrogen-bond acceptors (Lipinski definition) is 3. The van der Waals surface area contributed by atoms with Crippen LogP contribution in [0.4, 0.5) is 5.69 Å². The highest BCUT2D eigenvalue weighted by Crippen LogP contribution is 2.22. The zero-order valence-electron chi connectivity index (χ0n) is 13.1. The first-order valence-corrected chi connectivity index (χ1v) is 7.96. The highest BCUT2D eigenvalue weighted by molar-refractivity contribution is 5.78. The lowest BCUT2D eigenvalue weighted by Gasteiger charge is -2.36. The molecule has 1 N–H and O–H groups in total. The number of carbonyl (C=O) groups is 1. The van der Waals surface area contributed by atoms with Gasteiger partial charge in [-0.25, -0.2) is 0 Å². The number of aryl methyl sites for hydroxylation is 2. The molecule has 1 amide bonds. The summed E-state index contributed by atoms with van der Waals surface area (Å²) in [5, 5.41) is 3.07. The first-order chi connectivity index (χ1) is 10.1. The lowest BCUT2D eigenvalue weighted by molar-refractivity contribution is -0.122. The van der Waals surface area contributed by atoms with Gasteiger partial charge in [0.25, 0.3) is 0 Å². The molecule has 4 nitrogen and oxygen atoms in total. The Balaban J connectivity index is 1.51. The quantitative estimate of drug-likeness (QED) is 0.915. The standard InChI is InChI=1S/C17H25N3O/c1-13-3-6-16(14(2)11-13)20-9-7-19(8-10-20)12-17(21)18-15-4-5-15/h3,6,11,15H,4-5,7-10,12H2,1-2H3,(H,18,21). The number of amides is 1. The fourth-order valence-electron chi connectivity index (χ4n) is 3.01. The molecule has 0 radical (unpaired) electrons. The van der Waals surface area contributed by atoms with Gasteiger partial charge in [0.15, 0.2) is 0 Å². The molecule has 1 heterocycles. The average Bonchev–Trinajstić information content (AvgIpc) is 3.24. The van der Waals surface area contributed by atoms with Crippen molar-refractivity contribution >= 4 is 11.6 Å². The van der Waals surface area contributed by atoms with E-state index in [9.17, 15) is 4.79 Å². The summed E-state index contributed by atoms with van der Waals surface area (Å²) < 4.78 is 0. The van der Waals surface area contributed by atoms with E-state index >= 15 is 0 Å². The van der Waals surface area contributed by atoms with Crippen molar-refractivity contribution in [2.45, 2.75) is 32.7 Å². The van der Waals surface area contributed by atoms with Crippen LogP contribution in [0.3, 0.4) is 0 Å². The minimum Gasteiger partial charge on any atom is -0.369 e. The van der Waals surface area contributed by atoms with Gasteiger partial charge < -0.3 is 10.2 Å². The van der Waals surface area contributed by atoms with Gasteiger partial charge in [0.1, 0.15) is 0 Å². The smallest absolute Gasteiger partial charge is 0.234 e. The molecule has 0 spiro atoms. The van der Waals surface area contributed by atoms with Gasteiger partial charge in [-0.2, -0.15) is 0 Å². The molecule has 114 valence electrons. The normalized spacial score (nSPS) is 19.6. The fourth-order valence-corrected chi connectivity index (χ4v) is 3.01. The summed E-state index contributed by atoms with van der Waals surface area (Å²) in [6.07, 6.45) is 2.32. The molecule has 1 aromatic carbocycles. The number of nitrogens with one attached hydrogen (secondary N) is 1. The molecule has 1 aliphatic heterocycles.